The molecular formula is C14H20N2O3S2. The first-order chi connectivity index (χ1) is 9.90. The van der Waals surface area contributed by atoms with Gasteiger partial charge in [-0.1, -0.05) is 12.1 Å². The Morgan fingerprint density at radius 1 is 1.14 bits per heavy atom. The fraction of sp³-hybridized carbons (Fsp3) is 0.500. The zero-order valence-electron chi connectivity index (χ0n) is 12.3. The summed E-state index contributed by atoms with van der Waals surface area (Å²) in [5.41, 5.74) is 0.989. The van der Waals surface area contributed by atoms with E-state index in [0.717, 1.165) is 5.56 Å². The minimum atomic E-state index is -3.15. The average molecular weight is 328 g/mol. The molecule has 7 heteroatoms. The molecule has 0 atom stereocenters. The van der Waals surface area contributed by atoms with Crippen molar-refractivity contribution in [2.45, 2.75) is 11.3 Å². The van der Waals surface area contributed by atoms with E-state index in [1.165, 1.54) is 15.5 Å². The smallest absolute Gasteiger partial charge is 0.227 e. The molecule has 0 unspecified atom stereocenters. The van der Waals surface area contributed by atoms with E-state index in [1.807, 2.05) is 30.5 Å². The number of thioether (sulfide) groups is 1. The summed E-state index contributed by atoms with van der Waals surface area (Å²) in [5, 5.41) is 0. The second-order valence-electron chi connectivity index (χ2n) is 5.07. The van der Waals surface area contributed by atoms with Crippen molar-refractivity contribution in [1.82, 2.24) is 9.21 Å². The quantitative estimate of drug-likeness (QED) is 0.776. The predicted octanol–water partition coefficient (Wildman–Crippen LogP) is 1.05. The summed E-state index contributed by atoms with van der Waals surface area (Å²) in [5.74, 6) is 0.0556. The van der Waals surface area contributed by atoms with E-state index < -0.39 is 10.0 Å². The Bertz CT molecular complexity index is 591. The average Bonchev–Trinajstić information content (AvgIpc) is 2.47. The molecular weight excluding hydrogens is 308 g/mol. The van der Waals surface area contributed by atoms with E-state index in [9.17, 15) is 13.2 Å². The summed E-state index contributed by atoms with van der Waals surface area (Å²) < 4.78 is 24.3. The maximum Gasteiger partial charge on any atom is 0.227 e. The number of sulfonamides is 1. The molecule has 21 heavy (non-hydrogen) atoms. The van der Waals surface area contributed by atoms with E-state index in [4.69, 9.17) is 0 Å². The van der Waals surface area contributed by atoms with Crippen LogP contribution < -0.4 is 0 Å². The lowest BCUT2D eigenvalue weighted by atomic mass is 10.1. The molecule has 0 aliphatic carbocycles. The van der Waals surface area contributed by atoms with E-state index in [2.05, 4.69) is 0 Å². The summed E-state index contributed by atoms with van der Waals surface area (Å²) >= 11 is 1.67. The minimum Gasteiger partial charge on any atom is -0.340 e. The Kier molecular flexibility index (Phi) is 5.29. The van der Waals surface area contributed by atoms with Gasteiger partial charge in [0.15, 0.2) is 0 Å². The van der Waals surface area contributed by atoms with Crippen molar-refractivity contribution in [2.24, 2.45) is 0 Å². The fourth-order valence-electron chi connectivity index (χ4n) is 2.30. The fourth-order valence-corrected chi connectivity index (χ4v) is 3.53. The molecule has 1 aromatic rings. The van der Waals surface area contributed by atoms with Gasteiger partial charge < -0.3 is 4.90 Å². The van der Waals surface area contributed by atoms with Crippen LogP contribution >= 0.6 is 11.8 Å². The second-order valence-corrected chi connectivity index (χ2v) is 7.93. The Hall–Kier alpha value is -1.05. The zero-order chi connectivity index (χ0) is 15.5. The molecule has 0 saturated carbocycles. The summed E-state index contributed by atoms with van der Waals surface area (Å²) in [6, 6.07) is 7.96. The topological polar surface area (TPSA) is 57.7 Å². The predicted molar refractivity (Wildman–Crippen MR) is 84.9 cm³/mol. The first-order valence-corrected chi connectivity index (χ1v) is 9.83. The van der Waals surface area contributed by atoms with E-state index in [1.54, 1.807) is 16.7 Å². The van der Waals surface area contributed by atoms with Crippen LogP contribution in [0.25, 0.3) is 0 Å². The molecule has 116 valence electrons. The van der Waals surface area contributed by atoms with Crippen LogP contribution in [0.5, 0.6) is 0 Å². The number of amides is 1. The SMILES string of the molecule is CSc1ccc(CC(=O)N2CCN(S(C)(=O)=O)CC2)cc1. The molecule has 1 saturated heterocycles. The number of hydrogen-bond donors (Lipinski definition) is 0. The van der Waals surface area contributed by atoms with Crippen molar-refractivity contribution in [3.8, 4) is 0 Å². The Morgan fingerprint density at radius 2 is 1.71 bits per heavy atom. The molecule has 1 aromatic carbocycles. The van der Waals surface area contributed by atoms with Gasteiger partial charge in [0.25, 0.3) is 0 Å². The van der Waals surface area contributed by atoms with Crippen molar-refractivity contribution in [2.75, 3.05) is 38.7 Å². The largest absolute Gasteiger partial charge is 0.340 e. The highest BCUT2D eigenvalue weighted by Gasteiger charge is 2.25. The molecule has 1 aliphatic rings. The first kappa shape index (κ1) is 16.3. The number of carbonyl (C=O) groups excluding carboxylic acids is 1. The van der Waals surface area contributed by atoms with Gasteiger partial charge in [-0.05, 0) is 24.0 Å². The monoisotopic (exact) mass is 328 g/mol. The number of carbonyl (C=O) groups is 1. The van der Waals surface area contributed by atoms with Gasteiger partial charge in [0.05, 0.1) is 12.7 Å². The lowest BCUT2D eigenvalue weighted by molar-refractivity contribution is -0.131. The number of benzene rings is 1. The number of hydrogen-bond acceptors (Lipinski definition) is 4. The molecule has 0 N–H and O–H groups in total. The summed E-state index contributed by atoms with van der Waals surface area (Å²) in [6.45, 7) is 1.70. The van der Waals surface area contributed by atoms with Gasteiger partial charge in [-0.25, -0.2) is 8.42 Å². The van der Waals surface area contributed by atoms with Gasteiger partial charge in [-0.2, -0.15) is 4.31 Å². The molecule has 0 spiro atoms. The van der Waals surface area contributed by atoms with Gasteiger partial charge in [0.1, 0.15) is 0 Å². The molecule has 0 bridgehead atoms. The third kappa shape index (κ3) is 4.46. The summed E-state index contributed by atoms with van der Waals surface area (Å²) in [4.78, 5) is 15.1. The Morgan fingerprint density at radius 3 is 2.19 bits per heavy atom. The normalized spacial score (nSPS) is 17.0. The van der Waals surface area contributed by atoms with Crippen LogP contribution in [0.4, 0.5) is 0 Å². The summed E-state index contributed by atoms with van der Waals surface area (Å²) in [7, 11) is -3.15. The molecule has 0 radical (unpaired) electrons. The molecule has 1 amide bonds. The third-order valence-electron chi connectivity index (χ3n) is 3.57. The van der Waals surface area contributed by atoms with Crippen LogP contribution in [0.1, 0.15) is 5.56 Å². The first-order valence-electron chi connectivity index (χ1n) is 6.76. The van der Waals surface area contributed by atoms with Crippen LogP contribution in [-0.2, 0) is 21.2 Å². The van der Waals surface area contributed by atoms with Gasteiger partial charge in [0.2, 0.25) is 15.9 Å². The highest BCUT2D eigenvalue weighted by atomic mass is 32.2. The van der Waals surface area contributed by atoms with E-state index in [-0.39, 0.29) is 5.91 Å². The number of piperazine rings is 1. The Labute approximate surface area is 130 Å². The van der Waals surface area contributed by atoms with Crippen LogP contribution in [0.2, 0.25) is 0 Å². The van der Waals surface area contributed by atoms with Crippen LogP contribution in [0.15, 0.2) is 29.2 Å². The van der Waals surface area contributed by atoms with Crippen LogP contribution in [0.3, 0.4) is 0 Å². The highest BCUT2D eigenvalue weighted by Crippen LogP contribution is 2.16. The van der Waals surface area contributed by atoms with Crippen molar-refractivity contribution >= 4 is 27.7 Å². The standard InChI is InChI=1S/C14H20N2O3S2/c1-20-13-5-3-12(4-6-13)11-14(17)15-7-9-16(10-8-15)21(2,18)19/h3-6H,7-11H2,1-2H3. The summed E-state index contributed by atoms with van der Waals surface area (Å²) in [6.07, 6.45) is 3.59. The van der Waals surface area contributed by atoms with Crippen molar-refractivity contribution < 1.29 is 13.2 Å². The van der Waals surface area contributed by atoms with Crippen LogP contribution in [-0.4, -0.2) is 62.2 Å². The lowest BCUT2D eigenvalue weighted by Gasteiger charge is -2.33. The lowest BCUT2D eigenvalue weighted by Crippen LogP contribution is -2.50. The van der Waals surface area contributed by atoms with Gasteiger partial charge in [-0.3, -0.25) is 4.79 Å². The van der Waals surface area contributed by atoms with Crippen molar-refractivity contribution in [3.63, 3.8) is 0 Å². The van der Waals surface area contributed by atoms with E-state index >= 15 is 0 Å². The van der Waals surface area contributed by atoms with Crippen molar-refractivity contribution in [1.29, 1.82) is 0 Å². The number of rotatable bonds is 4. The van der Waals surface area contributed by atoms with Gasteiger partial charge in [0, 0.05) is 31.1 Å². The molecule has 0 aromatic heterocycles. The minimum absolute atomic E-state index is 0.0556. The molecule has 5 nitrogen and oxygen atoms in total. The van der Waals surface area contributed by atoms with Crippen molar-refractivity contribution in [3.05, 3.63) is 29.8 Å². The van der Waals surface area contributed by atoms with Gasteiger partial charge >= 0.3 is 0 Å². The maximum absolute atomic E-state index is 12.2. The maximum atomic E-state index is 12.2. The second kappa shape index (κ2) is 6.81. The molecule has 1 aliphatic heterocycles. The highest BCUT2D eigenvalue weighted by molar-refractivity contribution is 7.98. The molecule has 1 heterocycles. The van der Waals surface area contributed by atoms with Crippen LogP contribution in [0, 0.1) is 0 Å². The molecule has 2 rings (SSSR count). The van der Waals surface area contributed by atoms with E-state index in [0.29, 0.717) is 32.6 Å². The number of nitrogens with zero attached hydrogens (tertiary/aromatic N) is 2. The zero-order valence-corrected chi connectivity index (χ0v) is 13.9. The van der Waals surface area contributed by atoms with Gasteiger partial charge in [-0.15, -0.1) is 11.8 Å². The third-order valence-corrected chi connectivity index (χ3v) is 5.62. The molecule has 1 fully saturated rings. The Balaban J connectivity index is 1.90.